The number of anilines is 1. The van der Waals surface area contributed by atoms with Crippen molar-refractivity contribution in [2.24, 2.45) is 0 Å². The highest BCUT2D eigenvalue weighted by Gasteiger charge is 2.21. The molecule has 3 aromatic carbocycles. The molecular weight excluding hydrogens is 498 g/mol. The fourth-order valence-corrected chi connectivity index (χ4v) is 4.19. The maximum absolute atomic E-state index is 13.2. The summed E-state index contributed by atoms with van der Waals surface area (Å²) in [4.78, 5) is 12.5. The summed E-state index contributed by atoms with van der Waals surface area (Å²) in [5.74, 6) is 0.571. The number of carbonyl (C=O) groups excluding carboxylic acids is 1. The minimum atomic E-state index is -0.488. The summed E-state index contributed by atoms with van der Waals surface area (Å²) in [5, 5.41) is 12.7. The molecule has 0 aliphatic heterocycles. The van der Waals surface area contributed by atoms with E-state index >= 15 is 0 Å². The van der Waals surface area contributed by atoms with Crippen LogP contribution in [0.2, 0.25) is 10.0 Å². The van der Waals surface area contributed by atoms with Crippen molar-refractivity contribution in [3.8, 4) is 11.4 Å². The van der Waals surface area contributed by atoms with E-state index in [0.29, 0.717) is 32.5 Å². The van der Waals surface area contributed by atoms with Gasteiger partial charge in [0.15, 0.2) is 17.1 Å². The van der Waals surface area contributed by atoms with Gasteiger partial charge in [0.1, 0.15) is 11.6 Å². The molecule has 0 fully saturated rings. The molecule has 1 aromatic heterocycles. The zero-order valence-corrected chi connectivity index (χ0v) is 20.2. The fourth-order valence-electron chi connectivity index (χ4n) is 3.13. The number of aromatic nitrogens is 3. The first-order chi connectivity index (χ1) is 16.4. The second-order valence-electron chi connectivity index (χ2n) is 7.19. The van der Waals surface area contributed by atoms with Crippen LogP contribution in [0.15, 0.2) is 78.0 Å². The molecule has 1 amide bonds. The molecule has 174 valence electrons. The average molecular weight is 517 g/mol. The Hall–Kier alpha value is -3.07. The molecule has 1 heterocycles. The van der Waals surface area contributed by atoms with E-state index in [2.05, 4.69) is 15.5 Å². The van der Waals surface area contributed by atoms with E-state index in [1.54, 1.807) is 30.3 Å². The van der Waals surface area contributed by atoms with Crippen molar-refractivity contribution in [2.75, 3.05) is 11.1 Å². The molecule has 4 rings (SSSR count). The number of ether oxygens (including phenoxy) is 1. The number of rotatable bonds is 8. The molecule has 0 saturated heterocycles. The van der Waals surface area contributed by atoms with Crippen molar-refractivity contribution in [1.82, 2.24) is 14.8 Å². The van der Waals surface area contributed by atoms with Gasteiger partial charge in [-0.1, -0.05) is 53.2 Å². The van der Waals surface area contributed by atoms with E-state index in [4.69, 9.17) is 27.9 Å². The SMILES string of the molecule is CC(Oc1ccc(F)cc1)c1nnc(SCC(=O)Nc2ccc(Cl)c(Cl)c2)n1-c1ccccc1. The van der Waals surface area contributed by atoms with Crippen LogP contribution >= 0.6 is 35.0 Å². The quantitative estimate of drug-likeness (QED) is 0.267. The van der Waals surface area contributed by atoms with E-state index in [0.717, 1.165) is 5.69 Å². The lowest BCUT2D eigenvalue weighted by atomic mass is 10.3. The van der Waals surface area contributed by atoms with Gasteiger partial charge in [0, 0.05) is 11.4 Å². The van der Waals surface area contributed by atoms with Crippen LogP contribution in [-0.2, 0) is 4.79 Å². The van der Waals surface area contributed by atoms with Gasteiger partial charge in [-0.05, 0) is 61.5 Å². The van der Waals surface area contributed by atoms with Gasteiger partial charge in [0.2, 0.25) is 5.91 Å². The Labute approximate surface area is 210 Å². The molecule has 1 atom stereocenters. The predicted octanol–water partition coefficient (Wildman–Crippen LogP) is 6.58. The first-order valence-corrected chi connectivity index (χ1v) is 12.0. The van der Waals surface area contributed by atoms with Crippen molar-refractivity contribution in [3.63, 3.8) is 0 Å². The number of hydrogen-bond acceptors (Lipinski definition) is 5. The van der Waals surface area contributed by atoms with E-state index < -0.39 is 6.10 Å². The monoisotopic (exact) mass is 516 g/mol. The smallest absolute Gasteiger partial charge is 0.234 e. The Bertz CT molecular complexity index is 1290. The van der Waals surface area contributed by atoms with Gasteiger partial charge in [0.25, 0.3) is 0 Å². The minimum absolute atomic E-state index is 0.0956. The Morgan fingerprint density at radius 1 is 1.06 bits per heavy atom. The highest BCUT2D eigenvalue weighted by molar-refractivity contribution is 7.99. The van der Waals surface area contributed by atoms with E-state index in [1.165, 1.54) is 23.9 Å². The van der Waals surface area contributed by atoms with Gasteiger partial charge in [0.05, 0.1) is 15.8 Å². The number of halogens is 3. The van der Waals surface area contributed by atoms with Gasteiger partial charge in [-0.2, -0.15) is 0 Å². The highest BCUT2D eigenvalue weighted by atomic mass is 35.5. The molecule has 0 aliphatic carbocycles. The summed E-state index contributed by atoms with van der Waals surface area (Å²) in [5.41, 5.74) is 1.37. The van der Waals surface area contributed by atoms with Crippen LogP contribution in [-0.4, -0.2) is 26.4 Å². The summed E-state index contributed by atoms with van der Waals surface area (Å²) in [6, 6.07) is 20.2. The maximum Gasteiger partial charge on any atom is 0.234 e. The number of nitrogens with one attached hydrogen (secondary N) is 1. The van der Waals surface area contributed by atoms with Gasteiger partial charge in [-0.25, -0.2) is 4.39 Å². The molecule has 34 heavy (non-hydrogen) atoms. The number of thioether (sulfide) groups is 1. The molecule has 0 bridgehead atoms. The molecule has 0 spiro atoms. The third kappa shape index (κ3) is 5.88. The lowest BCUT2D eigenvalue weighted by Gasteiger charge is -2.16. The number of nitrogens with zero attached hydrogens (tertiary/aromatic N) is 3. The Balaban J connectivity index is 1.52. The molecule has 0 saturated carbocycles. The summed E-state index contributed by atoms with van der Waals surface area (Å²) in [6.45, 7) is 1.83. The maximum atomic E-state index is 13.2. The molecule has 1 unspecified atom stereocenters. The number of benzene rings is 3. The second kappa shape index (κ2) is 10.9. The first kappa shape index (κ1) is 24.1. The van der Waals surface area contributed by atoms with Crippen LogP contribution < -0.4 is 10.1 Å². The third-order valence-electron chi connectivity index (χ3n) is 4.70. The van der Waals surface area contributed by atoms with Crippen LogP contribution in [0.4, 0.5) is 10.1 Å². The lowest BCUT2D eigenvalue weighted by molar-refractivity contribution is -0.113. The molecule has 6 nitrogen and oxygen atoms in total. The first-order valence-electron chi connectivity index (χ1n) is 10.2. The van der Waals surface area contributed by atoms with Gasteiger partial charge in [-0.15, -0.1) is 10.2 Å². The lowest BCUT2D eigenvalue weighted by Crippen LogP contribution is -2.15. The molecule has 10 heteroatoms. The minimum Gasteiger partial charge on any atom is -0.483 e. The van der Waals surface area contributed by atoms with Gasteiger partial charge < -0.3 is 10.1 Å². The normalized spacial score (nSPS) is 11.8. The Morgan fingerprint density at radius 3 is 2.50 bits per heavy atom. The summed E-state index contributed by atoms with van der Waals surface area (Å²) < 4.78 is 21.0. The van der Waals surface area contributed by atoms with Crippen molar-refractivity contribution in [2.45, 2.75) is 18.2 Å². The van der Waals surface area contributed by atoms with Crippen LogP contribution in [0.25, 0.3) is 5.69 Å². The van der Waals surface area contributed by atoms with Crippen LogP contribution in [0.1, 0.15) is 18.9 Å². The van der Waals surface area contributed by atoms with E-state index in [1.807, 2.05) is 41.8 Å². The topological polar surface area (TPSA) is 69.0 Å². The van der Waals surface area contributed by atoms with Gasteiger partial charge >= 0.3 is 0 Å². The summed E-state index contributed by atoms with van der Waals surface area (Å²) in [6.07, 6.45) is -0.488. The Kier molecular flexibility index (Phi) is 7.72. The van der Waals surface area contributed by atoms with Crippen molar-refractivity contribution < 1.29 is 13.9 Å². The number of para-hydroxylation sites is 1. The standard InChI is InChI=1S/C24H19Cl2FN4O2S/c1-15(33-19-10-7-16(27)8-11-19)23-29-30-24(31(23)18-5-3-2-4-6-18)34-14-22(32)28-17-9-12-20(25)21(26)13-17/h2-13,15H,14H2,1H3,(H,28,32). The summed E-state index contributed by atoms with van der Waals surface area (Å²) >= 11 is 13.2. The molecule has 0 radical (unpaired) electrons. The third-order valence-corrected chi connectivity index (χ3v) is 6.37. The second-order valence-corrected chi connectivity index (χ2v) is 8.95. The van der Waals surface area contributed by atoms with E-state index in [-0.39, 0.29) is 17.5 Å². The molecule has 0 aliphatic rings. The zero-order valence-electron chi connectivity index (χ0n) is 17.9. The van der Waals surface area contributed by atoms with E-state index in [9.17, 15) is 9.18 Å². The molecular formula is C24H19Cl2FN4O2S. The Morgan fingerprint density at radius 2 is 1.79 bits per heavy atom. The van der Waals surface area contributed by atoms with Crippen molar-refractivity contribution in [3.05, 3.63) is 94.5 Å². The van der Waals surface area contributed by atoms with Crippen molar-refractivity contribution in [1.29, 1.82) is 0 Å². The van der Waals surface area contributed by atoms with Crippen molar-refractivity contribution >= 4 is 46.6 Å². The summed E-state index contributed by atoms with van der Waals surface area (Å²) in [7, 11) is 0. The van der Waals surface area contributed by atoms with Crippen LogP contribution in [0.3, 0.4) is 0 Å². The zero-order chi connectivity index (χ0) is 24.1. The number of hydrogen-bond donors (Lipinski definition) is 1. The molecule has 1 N–H and O–H groups in total. The number of amides is 1. The van der Waals surface area contributed by atoms with Crippen LogP contribution in [0.5, 0.6) is 5.75 Å². The van der Waals surface area contributed by atoms with Crippen LogP contribution in [0, 0.1) is 5.82 Å². The fraction of sp³-hybridized carbons (Fsp3) is 0.125. The molecule has 4 aromatic rings. The number of carbonyl (C=O) groups is 1. The average Bonchev–Trinajstić information content (AvgIpc) is 3.26. The predicted molar refractivity (Wildman–Crippen MR) is 133 cm³/mol. The van der Waals surface area contributed by atoms with Gasteiger partial charge in [-0.3, -0.25) is 9.36 Å². The highest BCUT2D eigenvalue weighted by Crippen LogP contribution is 2.29. The largest absolute Gasteiger partial charge is 0.483 e.